The molecule has 2 rings (SSSR count). The fourth-order valence-corrected chi connectivity index (χ4v) is 2.58. The van der Waals surface area contributed by atoms with Crippen LogP contribution in [0.4, 0.5) is 5.69 Å². The van der Waals surface area contributed by atoms with E-state index in [9.17, 15) is 9.90 Å². The number of aliphatic hydroxyl groups is 1. The van der Waals surface area contributed by atoms with Crippen LogP contribution in [0.25, 0.3) is 0 Å². The van der Waals surface area contributed by atoms with Crippen molar-refractivity contribution in [2.24, 2.45) is 0 Å². The van der Waals surface area contributed by atoms with E-state index in [0.29, 0.717) is 12.1 Å². The Kier molecular flexibility index (Phi) is 5.94. The van der Waals surface area contributed by atoms with Gasteiger partial charge in [0, 0.05) is 25.3 Å². The van der Waals surface area contributed by atoms with Gasteiger partial charge in [-0.3, -0.25) is 9.69 Å². The molecule has 1 aromatic rings. The van der Waals surface area contributed by atoms with E-state index in [2.05, 4.69) is 10.2 Å². The maximum Gasteiger partial charge on any atom is 0.256 e. The van der Waals surface area contributed by atoms with Crippen LogP contribution < -0.4 is 5.32 Å². The Morgan fingerprint density at radius 3 is 2.55 bits per heavy atom. The number of carbonyl (C=O) groups excluding carboxylic acids is 1. The highest BCUT2D eigenvalue weighted by Crippen LogP contribution is 2.17. The molecule has 0 saturated carbocycles. The van der Waals surface area contributed by atoms with Crippen LogP contribution in [-0.4, -0.2) is 47.8 Å². The van der Waals surface area contributed by atoms with Gasteiger partial charge in [0.25, 0.3) is 5.91 Å². The molecule has 0 aromatic heterocycles. The largest absolute Gasteiger partial charge is 0.380 e. The van der Waals surface area contributed by atoms with Crippen molar-refractivity contribution in [3.8, 4) is 0 Å². The average molecular weight is 306 g/mol. The van der Waals surface area contributed by atoms with Gasteiger partial charge in [-0.15, -0.1) is 0 Å². The van der Waals surface area contributed by atoms with E-state index >= 15 is 0 Å². The molecule has 1 fully saturated rings. The number of amides is 1. The molecule has 2 N–H and O–H groups in total. The summed E-state index contributed by atoms with van der Waals surface area (Å²) in [4.78, 5) is 14.4. The van der Waals surface area contributed by atoms with Crippen molar-refractivity contribution < 1.29 is 14.6 Å². The molecule has 1 aliphatic rings. The molecular formula is C17H26N2O3. The van der Waals surface area contributed by atoms with Crippen molar-refractivity contribution in [3.63, 3.8) is 0 Å². The molecule has 0 aliphatic carbocycles. The number of anilines is 1. The minimum absolute atomic E-state index is 0.352. The number of hydrogen-bond acceptors (Lipinski definition) is 4. The van der Waals surface area contributed by atoms with E-state index in [1.165, 1.54) is 5.56 Å². The SMILES string of the molecule is CCCC(C)(O)C(=O)Nc1ccc(CN2CCOCC2)cc1. The van der Waals surface area contributed by atoms with Crippen molar-refractivity contribution in [1.82, 2.24) is 4.90 Å². The number of morpholine rings is 1. The Balaban J connectivity index is 1.89. The molecule has 5 heteroatoms. The Bertz CT molecular complexity index is 479. The van der Waals surface area contributed by atoms with Gasteiger partial charge >= 0.3 is 0 Å². The smallest absolute Gasteiger partial charge is 0.256 e. The van der Waals surface area contributed by atoms with Gasteiger partial charge < -0.3 is 15.2 Å². The van der Waals surface area contributed by atoms with Crippen LogP contribution in [0, 0.1) is 0 Å². The topological polar surface area (TPSA) is 61.8 Å². The third kappa shape index (κ3) is 4.80. The van der Waals surface area contributed by atoms with Crippen LogP contribution in [-0.2, 0) is 16.1 Å². The predicted octanol–water partition coefficient (Wildman–Crippen LogP) is 2.01. The van der Waals surface area contributed by atoms with Gasteiger partial charge in [-0.05, 0) is 31.0 Å². The van der Waals surface area contributed by atoms with Gasteiger partial charge in [0.05, 0.1) is 13.2 Å². The molecule has 1 atom stereocenters. The molecule has 0 spiro atoms. The van der Waals surface area contributed by atoms with Crippen molar-refractivity contribution >= 4 is 11.6 Å². The second-order valence-electron chi connectivity index (χ2n) is 6.06. The summed E-state index contributed by atoms with van der Waals surface area (Å²) in [7, 11) is 0. The van der Waals surface area contributed by atoms with Gasteiger partial charge in [0.2, 0.25) is 0 Å². The molecule has 0 radical (unpaired) electrons. The second-order valence-corrected chi connectivity index (χ2v) is 6.06. The van der Waals surface area contributed by atoms with Crippen LogP contribution >= 0.6 is 0 Å². The fraction of sp³-hybridized carbons (Fsp3) is 0.588. The molecule has 22 heavy (non-hydrogen) atoms. The van der Waals surface area contributed by atoms with E-state index in [-0.39, 0.29) is 5.91 Å². The quantitative estimate of drug-likeness (QED) is 0.844. The van der Waals surface area contributed by atoms with Crippen molar-refractivity contribution in [1.29, 1.82) is 0 Å². The zero-order valence-corrected chi connectivity index (χ0v) is 13.5. The summed E-state index contributed by atoms with van der Waals surface area (Å²) in [5.41, 5.74) is 0.605. The number of nitrogens with one attached hydrogen (secondary N) is 1. The van der Waals surface area contributed by atoms with E-state index in [0.717, 1.165) is 39.3 Å². The van der Waals surface area contributed by atoms with E-state index in [4.69, 9.17) is 4.74 Å². The zero-order valence-electron chi connectivity index (χ0n) is 13.5. The number of carbonyl (C=O) groups is 1. The molecule has 122 valence electrons. The van der Waals surface area contributed by atoms with Crippen molar-refractivity contribution in [2.75, 3.05) is 31.6 Å². The Hall–Kier alpha value is -1.43. The molecule has 0 bridgehead atoms. The summed E-state index contributed by atoms with van der Waals surface area (Å²) in [5, 5.41) is 12.9. The van der Waals surface area contributed by atoms with Crippen LogP contribution in [0.3, 0.4) is 0 Å². The van der Waals surface area contributed by atoms with Gasteiger partial charge in [-0.2, -0.15) is 0 Å². The Labute approximate surface area is 132 Å². The number of nitrogens with zero attached hydrogens (tertiary/aromatic N) is 1. The van der Waals surface area contributed by atoms with Crippen LogP contribution in [0.2, 0.25) is 0 Å². The molecule has 1 saturated heterocycles. The maximum atomic E-state index is 12.0. The first-order chi connectivity index (χ1) is 10.5. The van der Waals surface area contributed by atoms with E-state index in [1.54, 1.807) is 6.92 Å². The molecule has 1 heterocycles. The highest BCUT2D eigenvalue weighted by atomic mass is 16.5. The Morgan fingerprint density at radius 2 is 1.95 bits per heavy atom. The molecular weight excluding hydrogens is 280 g/mol. The number of hydrogen-bond donors (Lipinski definition) is 2. The van der Waals surface area contributed by atoms with Gasteiger partial charge in [0.15, 0.2) is 0 Å². The summed E-state index contributed by atoms with van der Waals surface area (Å²) >= 11 is 0. The summed E-state index contributed by atoms with van der Waals surface area (Å²) in [6, 6.07) is 7.80. The summed E-state index contributed by atoms with van der Waals surface area (Å²) in [6.45, 7) is 7.89. The van der Waals surface area contributed by atoms with Crippen molar-refractivity contribution in [3.05, 3.63) is 29.8 Å². The van der Waals surface area contributed by atoms with Crippen LogP contribution in [0.5, 0.6) is 0 Å². The second kappa shape index (κ2) is 7.72. The van der Waals surface area contributed by atoms with Crippen LogP contribution in [0.15, 0.2) is 24.3 Å². The third-order valence-electron chi connectivity index (χ3n) is 3.95. The highest BCUT2D eigenvalue weighted by Gasteiger charge is 2.28. The summed E-state index contributed by atoms with van der Waals surface area (Å²) in [6.07, 6.45) is 1.22. The van der Waals surface area contributed by atoms with Crippen LogP contribution in [0.1, 0.15) is 32.3 Å². The van der Waals surface area contributed by atoms with E-state index in [1.807, 2.05) is 31.2 Å². The first-order valence-electron chi connectivity index (χ1n) is 7.94. The molecule has 1 aromatic carbocycles. The first kappa shape index (κ1) is 16.9. The minimum atomic E-state index is -1.32. The van der Waals surface area contributed by atoms with E-state index < -0.39 is 5.60 Å². The lowest BCUT2D eigenvalue weighted by Crippen LogP contribution is -2.39. The number of ether oxygens (including phenoxy) is 1. The first-order valence-corrected chi connectivity index (χ1v) is 7.94. The normalized spacial score (nSPS) is 18.7. The average Bonchev–Trinajstić information content (AvgIpc) is 2.50. The minimum Gasteiger partial charge on any atom is -0.380 e. The molecule has 5 nitrogen and oxygen atoms in total. The monoisotopic (exact) mass is 306 g/mol. The number of rotatable bonds is 6. The zero-order chi connectivity index (χ0) is 16.0. The lowest BCUT2D eigenvalue weighted by Gasteiger charge is -2.26. The molecule has 1 amide bonds. The van der Waals surface area contributed by atoms with Gasteiger partial charge in [0.1, 0.15) is 5.60 Å². The maximum absolute atomic E-state index is 12.0. The standard InChI is InChI=1S/C17H26N2O3/c1-3-8-17(2,21)16(20)18-15-6-4-14(5-7-15)13-19-9-11-22-12-10-19/h4-7,21H,3,8-13H2,1-2H3,(H,18,20). The molecule has 1 unspecified atom stereocenters. The summed E-state index contributed by atoms with van der Waals surface area (Å²) < 4.78 is 5.34. The van der Waals surface area contributed by atoms with Crippen molar-refractivity contribution in [2.45, 2.75) is 38.8 Å². The summed E-state index contributed by atoms with van der Waals surface area (Å²) in [5.74, 6) is -0.352. The lowest BCUT2D eigenvalue weighted by molar-refractivity contribution is -0.133. The molecule has 1 aliphatic heterocycles. The fourth-order valence-electron chi connectivity index (χ4n) is 2.58. The highest BCUT2D eigenvalue weighted by molar-refractivity contribution is 5.96. The van der Waals surface area contributed by atoms with Gasteiger partial charge in [-0.25, -0.2) is 0 Å². The number of benzene rings is 1. The van der Waals surface area contributed by atoms with Gasteiger partial charge in [-0.1, -0.05) is 25.5 Å². The lowest BCUT2D eigenvalue weighted by atomic mass is 9.99. The third-order valence-corrected chi connectivity index (χ3v) is 3.95. The Morgan fingerprint density at radius 1 is 1.32 bits per heavy atom. The predicted molar refractivity (Wildman–Crippen MR) is 86.7 cm³/mol.